The maximum Gasteiger partial charge on any atom is 0.341 e. The van der Waals surface area contributed by atoms with Gasteiger partial charge in [0.05, 0.1) is 30.5 Å². The number of para-hydroxylation sites is 1. The summed E-state index contributed by atoms with van der Waals surface area (Å²) in [6.45, 7) is 2.38. The Labute approximate surface area is 220 Å². The molecular formula is C31H25N3O4. The van der Waals surface area contributed by atoms with Gasteiger partial charge >= 0.3 is 5.56 Å². The molecule has 3 aromatic carbocycles. The van der Waals surface area contributed by atoms with Crippen molar-refractivity contribution in [3.8, 4) is 34.6 Å². The molecule has 188 valence electrons. The molecule has 0 aliphatic rings. The van der Waals surface area contributed by atoms with Crippen molar-refractivity contribution in [1.82, 2.24) is 4.57 Å². The molecule has 0 aliphatic heterocycles. The molecule has 0 bridgehead atoms. The average Bonchev–Trinajstić information content (AvgIpc) is 2.96. The largest absolute Gasteiger partial charge is 0.872 e. The Morgan fingerprint density at radius 2 is 1.68 bits per heavy atom. The van der Waals surface area contributed by atoms with Crippen LogP contribution in [0.4, 0.5) is 0 Å². The first kappa shape index (κ1) is 24.6. The van der Waals surface area contributed by atoms with Crippen LogP contribution in [-0.2, 0) is 13.2 Å². The second-order valence-corrected chi connectivity index (χ2v) is 8.87. The number of pyridine rings is 1. The number of methoxy groups -OCH3 is 1. The topological polar surface area (TPSA) is 91.4 Å². The molecule has 0 amide bonds. The van der Waals surface area contributed by atoms with Crippen molar-refractivity contribution in [2.24, 2.45) is 0 Å². The Bertz CT molecular complexity index is 1730. The van der Waals surface area contributed by atoms with Crippen molar-refractivity contribution in [2.75, 3.05) is 7.11 Å². The SMILES string of the molecule is COc1cc(Cn2c(=O)c(C)c(-c3ccccc3[O-])[n+]3ccccc23)ccc1OCc1ccc(C#N)cc1. The number of nitrogens with zero attached hydrogens (tertiary/aromatic N) is 3. The fourth-order valence-electron chi connectivity index (χ4n) is 4.53. The fraction of sp³-hybridized carbons (Fsp3) is 0.129. The third-order valence-corrected chi connectivity index (χ3v) is 6.47. The lowest BCUT2D eigenvalue weighted by atomic mass is 10.1. The van der Waals surface area contributed by atoms with Gasteiger partial charge in [-0.15, -0.1) is 0 Å². The van der Waals surface area contributed by atoms with Gasteiger partial charge in [-0.2, -0.15) is 14.2 Å². The van der Waals surface area contributed by atoms with E-state index >= 15 is 0 Å². The summed E-state index contributed by atoms with van der Waals surface area (Å²) < 4.78 is 15.1. The second kappa shape index (κ2) is 10.5. The smallest absolute Gasteiger partial charge is 0.341 e. The van der Waals surface area contributed by atoms with E-state index in [9.17, 15) is 9.90 Å². The Morgan fingerprint density at radius 1 is 0.947 bits per heavy atom. The number of ether oxygens (including phenoxy) is 2. The highest BCUT2D eigenvalue weighted by Crippen LogP contribution is 2.30. The summed E-state index contributed by atoms with van der Waals surface area (Å²) in [4.78, 5) is 13.6. The molecule has 0 spiro atoms. The monoisotopic (exact) mass is 503 g/mol. The molecule has 2 heterocycles. The minimum absolute atomic E-state index is 0.133. The number of benzene rings is 3. The molecule has 7 nitrogen and oxygen atoms in total. The van der Waals surface area contributed by atoms with Crippen LogP contribution in [0, 0.1) is 18.3 Å². The number of hydrogen-bond donors (Lipinski definition) is 0. The van der Waals surface area contributed by atoms with Gasteiger partial charge in [-0.25, -0.2) is 4.79 Å². The van der Waals surface area contributed by atoms with Crippen LogP contribution in [-0.4, -0.2) is 11.7 Å². The Balaban J connectivity index is 1.49. The summed E-state index contributed by atoms with van der Waals surface area (Å²) >= 11 is 0. The summed E-state index contributed by atoms with van der Waals surface area (Å²) in [6, 6.07) is 27.3. The summed E-state index contributed by atoms with van der Waals surface area (Å²) in [5.41, 5.74) is 4.45. The molecule has 0 atom stereocenters. The first-order valence-electron chi connectivity index (χ1n) is 12.1. The van der Waals surface area contributed by atoms with Crippen LogP contribution in [0.5, 0.6) is 17.2 Å². The number of fused-ring (bicyclic) bond motifs is 1. The van der Waals surface area contributed by atoms with Crippen molar-refractivity contribution in [2.45, 2.75) is 20.1 Å². The molecule has 5 rings (SSSR count). The Hall–Kier alpha value is -5.09. The molecule has 2 aromatic heterocycles. The number of rotatable bonds is 7. The molecule has 0 aliphatic carbocycles. The van der Waals surface area contributed by atoms with E-state index < -0.39 is 0 Å². The number of hydrogen-bond acceptors (Lipinski definition) is 5. The molecule has 7 heteroatoms. The van der Waals surface area contributed by atoms with Gasteiger partial charge in [0, 0.05) is 11.6 Å². The number of aromatic nitrogens is 2. The van der Waals surface area contributed by atoms with E-state index in [0.29, 0.717) is 52.7 Å². The second-order valence-electron chi connectivity index (χ2n) is 8.87. The van der Waals surface area contributed by atoms with E-state index in [0.717, 1.165) is 11.1 Å². The van der Waals surface area contributed by atoms with Gasteiger partial charge in [0.15, 0.2) is 11.5 Å². The first-order chi connectivity index (χ1) is 18.5. The van der Waals surface area contributed by atoms with E-state index in [1.54, 1.807) is 48.9 Å². The van der Waals surface area contributed by atoms with Gasteiger partial charge in [-0.05, 0) is 48.4 Å². The zero-order valence-corrected chi connectivity index (χ0v) is 21.0. The normalized spacial score (nSPS) is 10.8. The van der Waals surface area contributed by atoms with Crippen molar-refractivity contribution in [3.63, 3.8) is 0 Å². The zero-order chi connectivity index (χ0) is 26.6. The van der Waals surface area contributed by atoms with E-state index in [1.807, 2.05) is 59.1 Å². The van der Waals surface area contributed by atoms with Crippen LogP contribution in [0.2, 0.25) is 0 Å². The molecule has 0 N–H and O–H groups in total. The summed E-state index contributed by atoms with van der Waals surface area (Å²) in [7, 11) is 1.57. The summed E-state index contributed by atoms with van der Waals surface area (Å²) in [6.07, 6.45) is 1.86. The highest BCUT2D eigenvalue weighted by molar-refractivity contribution is 5.67. The van der Waals surface area contributed by atoms with Crippen molar-refractivity contribution in [1.29, 1.82) is 5.26 Å². The van der Waals surface area contributed by atoms with E-state index in [4.69, 9.17) is 14.7 Å². The van der Waals surface area contributed by atoms with E-state index in [2.05, 4.69) is 6.07 Å². The predicted molar refractivity (Wildman–Crippen MR) is 141 cm³/mol. The van der Waals surface area contributed by atoms with Crippen LogP contribution >= 0.6 is 0 Å². The van der Waals surface area contributed by atoms with Gasteiger partial charge in [0.25, 0.3) is 5.65 Å². The lowest BCUT2D eigenvalue weighted by molar-refractivity contribution is -0.504. The van der Waals surface area contributed by atoms with Crippen LogP contribution in [0.15, 0.2) is 95.9 Å². The van der Waals surface area contributed by atoms with Crippen LogP contribution in [0.3, 0.4) is 0 Å². The van der Waals surface area contributed by atoms with Crippen molar-refractivity contribution in [3.05, 3.63) is 124 Å². The highest BCUT2D eigenvalue weighted by atomic mass is 16.5. The Kier molecular flexibility index (Phi) is 6.79. The van der Waals surface area contributed by atoms with Gasteiger partial charge < -0.3 is 14.6 Å². The minimum Gasteiger partial charge on any atom is -0.872 e. The Morgan fingerprint density at radius 3 is 2.42 bits per heavy atom. The van der Waals surface area contributed by atoms with Crippen LogP contribution in [0.1, 0.15) is 22.3 Å². The molecule has 0 saturated carbocycles. The van der Waals surface area contributed by atoms with E-state index in [1.165, 1.54) is 6.07 Å². The maximum atomic E-state index is 13.6. The molecule has 0 unspecified atom stereocenters. The van der Waals surface area contributed by atoms with Gasteiger partial charge in [-0.1, -0.05) is 54.3 Å². The van der Waals surface area contributed by atoms with Crippen molar-refractivity contribution < 1.29 is 19.0 Å². The molecule has 5 aromatic rings. The first-order valence-corrected chi connectivity index (χ1v) is 12.1. The van der Waals surface area contributed by atoms with Gasteiger partial charge in [0.1, 0.15) is 18.8 Å². The molecule has 0 radical (unpaired) electrons. The summed E-state index contributed by atoms with van der Waals surface area (Å²) in [5.74, 6) is 0.993. The molecule has 0 saturated heterocycles. The molecule has 0 fully saturated rings. The van der Waals surface area contributed by atoms with E-state index in [-0.39, 0.29) is 11.3 Å². The van der Waals surface area contributed by atoms with Crippen LogP contribution < -0.4 is 24.5 Å². The standard InChI is InChI=1S/C31H25N3O4/c1-21-30(25-7-3-4-8-26(25)35)33-16-6-5-9-29(33)34(31(21)36)19-24-14-15-27(28(17-24)37-2)38-20-23-12-10-22(18-32)11-13-23/h3-17H,19-20H2,1-2H3. The highest BCUT2D eigenvalue weighted by Gasteiger charge is 2.23. The van der Waals surface area contributed by atoms with Gasteiger partial charge in [-0.3, -0.25) is 0 Å². The minimum atomic E-state index is -0.172. The fourth-order valence-corrected chi connectivity index (χ4v) is 4.53. The average molecular weight is 504 g/mol. The maximum absolute atomic E-state index is 13.6. The molecular weight excluding hydrogens is 478 g/mol. The third-order valence-electron chi connectivity index (χ3n) is 6.47. The zero-order valence-electron chi connectivity index (χ0n) is 21.0. The third kappa shape index (κ3) is 4.67. The summed E-state index contributed by atoms with van der Waals surface area (Å²) in [5, 5.41) is 21.6. The quantitative estimate of drug-likeness (QED) is 0.311. The lowest BCUT2D eigenvalue weighted by Crippen LogP contribution is -2.38. The number of nitriles is 1. The lowest BCUT2D eigenvalue weighted by Gasteiger charge is -2.16. The molecule has 38 heavy (non-hydrogen) atoms. The van der Waals surface area contributed by atoms with Gasteiger partial charge in [0.2, 0.25) is 0 Å². The van der Waals surface area contributed by atoms with Crippen LogP contribution in [0.25, 0.3) is 16.9 Å². The predicted octanol–water partition coefficient (Wildman–Crippen LogP) is 4.14. The van der Waals surface area contributed by atoms with Crippen molar-refractivity contribution >= 4 is 5.65 Å².